The van der Waals surface area contributed by atoms with Crippen molar-refractivity contribution in [2.45, 2.75) is 26.8 Å². The number of anilines is 2. The standard InChI is InChI=1S/C22H22FN7O/c1-13-14(2)21(28-30(12-24)20(13)25)29-8-7-19-16(11-29)9-18(10-26-19)27-22(31)15-3-5-17(23)6-4-15/h3-6,9-10,12,24-25H,7-8,11H2,1-2H3,(H,27,31). The van der Waals surface area contributed by atoms with Crippen LogP contribution in [0.25, 0.3) is 0 Å². The molecule has 3 aromatic rings. The van der Waals surface area contributed by atoms with Gasteiger partial charge in [-0.2, -0.15) is 0 Å². The van der Waals surface area contributed by atoms with E-state index in [4.69, 9.17) is 10.8 Å². The van der Waals surface area contributed by atoms with E-state index in [1.165, 1.54) is 28.9 Å². The van der Waals surface area contributed by atoms with Crippen molar-refractivity contribution in [3.63, 3.8) is 0 Å². The second-order valence-electron chi connectivity index (χ2n) is 7.46. The van der Waals surface area contributed by atoms with Crippen LogP contribution in [0.1, 0.15) is 32.7 Å². The van der Waals surface area contributed by atoms with E-state index in [2.05, 4.69) is 20.3 Å². The molecule has 158 valence electrons. The lowest BCUT2D eigenvalue weighted by atomic mass is 10.0. The highest BCUT2D eigenvalue weighted by molar-refractivity contribution is 6.04. The molecule has 0 saturated heterocycles. The van der Waals surface area contributed by atoms with Crippen molar-refractivity contribution in [2.24, 2.45) is 0 Å². The van der Waals surface area contributed by atoms with Gasteiger partial charge in [-0.1, -0.05) is 0 Å². The predicted molar refractivity (Wildman–Crippen MR) is 115 cm³/mol. The number of amides is 1. The van der Waals surface area contributed by atoms with Gasteiger partial charge in [0, 0.05) is 36.3 Å². The normalized spacial score (nSPS) is 12.9. The average Bonchev–Trinajstić information content (AvgIpc) is 2.77. The minimum Gasteiger partial charge on any atom is -0.350 e. The molecule has 0 saturated carbocycles. The molecule has 1 aliphatic rings. The number of pyridine rings is 1. The lowest BCUT2D eigenvalue weighted by molar-refractivity contribution is 0.102. The quantitative estimate of drug-likeness (QED) is 0.446. The molecule has 31 heavy (non-hydrogen) atoms. The summed E-state index contributed by atoms with van der Waals surface area (Å²) < 4.78 is 14.3. The molecule has 1 aliphatic heterocycles. The fraction of sp³-hybridized carbons (Fsp3) is 0.227. The molecule has 2 aromatic heterocycles. The first-order chi connectivity index (χ1) is 14.9. The first-order valence-corrected chi connectivity index (χ1v) is 9.82. The average molecular weight is 419 g/mol. The number of carbonyl (C=O) groups is 1. The SMILES string of the molecule is Cc1c(N2CCc3ncc(NC(=O)c4ccc(F)cc4)cc3C2)nn(C=N)c(=N)c1C. The molecule has 1 aromatic carbocycles. The Morgan fingerprint density at radius 1 is 1.23 bits per heavy atom. The summed E-state index contributed by atoms with van der Waals surface area (Å²) in [5.41, 5.74) is 4.73. The van der Waals surface area contributed by atoms with Crippen molar-refractivity contribution >= 4 is 23.8 Å². The Morgan fingerprint density at radius 3 is 2.68 bits per heavy atom. The highest BCUT2D eigenvalue weighted by Crippen LogP contribution is 2.26. The maximum absolute atomic E-state index is 13.1. The third-order valence-electron chi connectivity index (χ3n) is 5.51. The summed E-state index contributed by atoms with van der Waals surface area (Å²) in [6.07, 6.45) is 3.37. The van der Waals surface area contributed by atoms with E-state index in [9.17, 15) is 9.18 Å². The summed E-state index contributed by atoms with van der Waals surface area (Å²) in [7, 11) is 0. The molecule has 1 amide bonds. The van der Waals surface area contributed by atoms with Gasteiger partial charge in [-0.05, 0) is 55.3 Å². The van der Waals surface area contributed by atoms with E-state index in [1.807, 2.05) is 19.9 Å². The van der Waals surface area contributed by atoms with Crippen molar-refractivity contribution in [3.8, 4) is 0 Å². The number of aromatic nitrogens is 3. The lowest BCUT2D eigenvalue weighted by Crippen LogP contribution is -2.36. The van der Waals surface area contributed by atoms with Gasteiger partial charge in [0.05, 0.1) is 11.9 Å². The Bertz CT molecular complexity index is 1230. The van der Waals surface area contributed by atoms with Gasteiger partial charge in [0.15, 0.2) is 11.3 Å². The van der Waals surface area contributed by atoms with Crippen LogP contribution in [0.4, 0.5) is 15.9 Å². The molecule has 3 N–H and O–H groups in total. The Balaban J connectivity index is 1.59. The zero-order valence-corrected chi connectivity index (χ0v) is 17.2. The Kier molecular flexibility index (Phi) is 5.33. The summed E-state index contributed by atoms with van der Waals surface area (Å²) in [5, 5.41) is 22.9. The summed E-state index contributed by atoms with van der Waals surface area (Å²) in [6, 6.07) is 7.25. The molecule has 0 spiro atoms. The van der Waals surface area contributed by atoms with Crippen molar-refractivity contribution < 1.29 is 9.18 Å². The predicted octanol–water partition coefficient (Wildman–Crippen LogP) is 2.78. The number of nitrogens with zero attached hydrogens (tertiary/aromatic N) is 4. The zero-order chi connectivity index (χ0) is 22.1. The van der Waals surface area contributed by atoms with E-state index in [-0.39, 0.29) is 11.4 Å². The molecular formula is C22H22FN7O. The molecule has 9 heteroatoms. The zero-order valence-electron chi connectivity index (χ0n) is 17.2. The number of fused-ring (bicyclic) bond motifs is 1. The third kappa shape index (κ3) is 3.94. The lowest BCUT2D eigenvalue weighted by Gasteiger charge is -2.31. The fourth-order valence-corrected chi connectivity index (χ4v) is 3.62. The Hall–Kier alpha value is -3.88. The van der Waals surface area contributed by atoms with Crippen LogP contribution in [0.15, 0.2) is 36.5 Å². The van der Waals surface area contributed by atoms with Crippen molar-refractivity contribution in [2.75, 3.05) is 16.8 Å². The molecule has 0 atom stereocenters. The third-order valence-corrected chi connectivity index (χ3v) is 5.51. The number of rotatable bonds is 4. The highest BCUT2D eigenvalue weighted by Gasteiger charge is 2.22. The van der Waals surface area contributed by atoms with Crippen molar-refractivity contribution in [1.82, 2.24) is 14.8 Å². The summed E-state index contributed by atoms with van der Waals surface area (Å²) in [5.74, 6) is -0.00183. The van der Waals surface area contributed by atoms with Gasteiger partial charge in [-0.25, -0.2) is 9.07 Å². The largest absolute Gasteiger partial charge is 0.350 e. The van der Waals surface area contributed by atoms with Gasteiger partial charge in [-0.15, -0.1) is 5.10 Å². The van der Waals surface area contributed by atoms with Crippen LogP contribution >= 0.6 is 0 Å². The highest BCUT2D eigenvalue weighted by atomic mass is 19.1. The summed E-state index contributed by atoms with van der Waals surface area (Å²) in [4.78, 5) is 19.0. The number of benzene rings is 1. The van der Waals surface area contributed by atoms with Gasteiger partial charge in [-0.3, -0.25) is 20.6 Å². The van der Waals surface area contributed by atoms with Crippen LogP contribution in [-0.2, 0) is 13.0 Å². The number of nitrogens with one attached hydrogen (secondary N) is 3. The maximum Gasteiger partial charge on any atom is 0.255 e. The number of halogens is 1. The van der Waals surface area contributed by atoms with Crippen LogP contribution in [0.3, 0.4) is 0 Å². The van der Waals surface area contributed by atoms with E-state index < -0.39 is 5.82 Å². The molecule has 0 aliphatic carbocycles. The van der Waals surface area contributed by atoms with E-state index in [1.54, 1.807) is 6.20 Å². The van der Waals surface area contributed by atoms with Crippen molar-refractivity contribution in [1.29, 1.82) is 10.8 Å². The van der Waals surface area contributed by atoms with Crippen LogP contribution < -0.4 is 15.7 Å². The molecule has 4 rings (SSSR count). The molecule has 3 heterocycles. The minimum absolute atomic E-state index is 0.195. The van der Waals surface area contributed by atoms with Crippen molar-refractivity contribution in [3.05, 3.63) is 75.8 Å². The number of hydrogen-bond donors (Lipinski definition) is 3. The topological polar surface area (TPSA) is 111 Å². The van der Waals surface area contributed by atoms with Crippen LogP contribution in [-0.4, -0.2) is 33.6 Å². The Labute approximate surface area is 178 Å². The maximum atomic E-state index is 13.1. The first-order valence-electron chi connectivity index (χ1n) is 9.82. The molecule has 8 nitrogen and oxygen atoms in total. The van der Waals surface area contributed by atoms with Gasteiger partial charge in [0.2, 0.25) is 0 Å². The first kappa shape index (κ1) is 20.4. The molecule has 0 radical (unpaired) electrons. The summed E-state index contributed by atoms with van der Waals surface area (Å²) in [6.45, 7) is 5.04. The van der Waals surface area contributed by atoms with Crippen LogP contribution in [0.5, 0.6) is 0 Å². The van der Waals surface area contributed by atoms with Gasteiger partial charge >= 0.3 is 0 Å². The van der Waals surface area contributed by atoms with E-state index in [0.717, 1.165) is 41.0 Å². The summed E-state index contributed by atoms with van der Waals surface area (Å²) >= 11 is 0. The Morgan fingerprint density at radius 2 is 1.97 bits per heavy atom. The van der Waals surface area contributed by atoms with Gasteiger partial charge in [0.1, 0.15) is 12.2 Å². The van der Waals surface area contributed by atoms with Gasteiger partial charge < -0.3 is 10.2 Å². The van der Waals surface area contributed by atoms with Crippen LogP contribution in [0, 0.1) is 30.5 Å². The fourth-order valence-electron chi connectivity index (χ4n) is 3.62. The smallest absolute Gasteiger partial charge is 0.255 e. The van der Waals surface area contributed by atoms with Gasteiger partial charge in [0.25, 0.3) is 5.91 Å². The molecule has 0 unspecified atom stereocenters. The molecule has 0 bridgehead atoms. The second kappa shape index (κ2) is 8.10. The number of hydrogen-bond acceptors (Lipinski definition) is 6. The van der Waals surface area contributed by atoms with Crippen LogP contribution in [0.2, 0.25) is 0 Å². The second-order valence-corrected chi connectivity index (χ2v) is 7.46. The van der Waals surface area contributed by atoms with E-state index in [0.29, 0.717) is 24.3 Å². The number of carbonyl (C=O) groups excluding carboxylic acids is 1. The molecular weight excluding hydrogens is 397 g/mol. The monoisotopic (exact) mass is 419 g/mol. The van der Waals surface area contributed by atoms with E-state index >= 15 is 0 Å². The molecule has 0 fully saturated rings. The minimum atomic E-state index is -0.394.